The van der Waals surface area contributed by atoms with Gasteiger partial charge in [0.15, 0.2) is 46.5 Å². The molecular formula is C68H58F10N8O4. The fraction of sp³-hybridized carbons (Fsp3) is 0.324. The van der Waals surface area contributed by atoms with Gasteiger partial charge in [-0.1, -0.05) is 67.5 Å². The quantitative estimate of drug-likeness (QED) is 0.0403. The lowest BCUT2D eigenvalue weighted by Crippen LogP contribution is -2.19. The maximum absolute atomic E-state index is 16.8. The largest absolute Gasteiger partial charge is 0.354 e. The normalized spacial score (nSPS) is 20.1. The summed E-state index contributed by atoms with van der Waals surface area (Å²) in [5.74, 6) is -26.7. The summed E-state index contributed by atoms with van der Waals surface area (Å²) in [5, 5.41) is 11.9. The Morgan fingerprint density at radius 1 is 0.356 bits per heavy atom. The van der Waals surface area contributed by atoms with Crippen molar-refractivity contribution in [2.24, 2.45) is 45.3 Å². The molecule has 6 aliphatic rings. The number of nitrogens with one attached hydrogen (secondary N) is 6. The highest BCUT2D eigenvalue weighted by atomic mass is 19.2. The molecule has 0 spiro atoms. The average molecular weight is 1240 g/mol. The number of anilines is 4. The van der Waals surface area contributed by atoms with Crippen LogP contribution in [0.4, 0.5) is 66.7 Å². The molecule has 4 aliphatic carbocycles. The van der Waals surface area contributed by atoms with Crippen LogP contribution in [0.15, 0.2) is 60.7 Å². The van der Waals surface area contributed by atoms with Crippen LogP contribution in [0.3, 0.4) is 0 Å². The highest BCUT2D eigenvalue weighted by Crippen LogP contribution is 2.56. The van der Waals surface area contributed by atoms with Gasteiger partial charge in [-0.3, -0.25) is 24.2 Å². The lowest BCUT2D eigenvalue weighted by atomic mass is 9.97. The van der Waals surface area contributed by atoms with Crippen LogP contribution in [-0.2, 0) is 32.0 Å². The Kier molecular flexibility index (Phi) is 13.8. The number of carbonyl (C=O) groups is 4. The van der Waals surface area contributed by atoms with E-state index >= 15 is 43.9 Å². The number of aromatic amines is 2. The van der Waals surface area contributed by atoms with Gasteiger partial charge in [0.05, 0.1) is 56.7 Å². The summed E-state index contributed by atoms with van der Waals surface area (Å²) in [7, 11) is 0. The first-order chi connectivity index (χ1) is 42.4. The first-order valence-corrected chi connectivity index (χ1v) is 29.4. The van der Waals surface area contributed by atoms with E-state index in [2.05, 4.69) is 31.2 Å². The van der Waals surface area contributed by atoms with Gasteiger partial charge in [-0.05, 0) is 121 Å². The highest BCUT2D eigenvalue weighted by molar-refractivity contribution is 6.11. The van der Waals surface area contributed by atoms with Gasteiger partial charge in [-0.25, -0.2) is 48.9 Å². The summed E-state index contributed by atoms with van der Waals surface area (Å²) in [6.45, 7) is 15.1. The zero-order valence-electron chi connectivity index (χ0n) is 49.8. The van der Waals surface area contributed by atoms with Crippen molar-refractivity contribution in [2.45, 2.75) is 93.9 Å². The molecular weight excluding hydrogens is 1180 g/mol. The molecule has 12 nitrogen and oxygen atoms in total. The van der Waals surface area contributed by atoms with Crippen molar-refractivity contribution in [1.82, 2.24) is 19.9 Å². The molecule has 3 aromatic heterocycles. The van der Waals surface area contributed by atoms with Crippen molar-refractivity contribution in [3.05, 3.63) is 142 Å². The Hall–Kier alpha value is -9.08. The first kappa shape index (κ1) is 59.9. The molecule has 8 bridgehead atoms. The third-order valence-electron chi connectivity index (χ3n) is 18.9. The third kappa shape index (κ3) is 10.00. The van der Waals surface area contributed by atoms with E-state index in [0.29, 0.717) is 25.7 Å². The van der Waals surface area contributed by atoms with E-state index in [1.165, 1.54) is 60.7 Å². The summed E-state index contributed by atoms with van der Waals surface area (Å²) >= 11 is 0. The molecule has 4 amide bonds. The molecule has 0 saturated heterocycles. The van der Waals surface area contributed by atoms with Crippen LogP contribution in [0, 0.1) is 104 Å². The molecule has 2 aliphatic heterocycles. The Morgan fingerprint density at radius 2 is 0.600 bits per heavy atom. The van der Waals surface area contributed by atoms with Gasteiger partial charge in [-0.2, -0.15) is 0 Å². The number of hydrogen-bond donors (Lipinski definition) is 6. The number of aromatic nitrogens is 4. The smallest absolute Gasteiger partial charge is 0.228 e. The van der Waals surface area contributed by atoms with Crippen LogP contribution in [0.2, 0.25) is 0 Å². The molecule has 7 aromatic rings. The van der Waals surface area contributed by atoms with Crippen molar-refractivity contribution >= 4 is 80.6 Å². The number of benzene rings is 4. The molecule has 90 heavy (non-hydrogen) atoms. The molecule has 22 heteroatoms. The number of rotatable bonds is 12. The molecule has 4 saturated carbocycles. The minimum atomic E-state index is -2.46. The van der Waals surface area contributed by atoms with Crippen molar-refractivity contribution in [3.8, 4) is 44.5 Å². The van der Waals surface area contributed by atoms with Crippen molar-refractivity contribution in [3.63, 3.8) is 0 Å². The zero-order valence-corrected chi connectivity index (χ0v) is 49.8. The summed E-state index contributed by atoms with van der Waals surface area (Å²) in [4.78, 5) is 72.9. The maximum Gasteiger partial charge on any atom is 0.228 e. The molecule has 13 rings (SSSR count). The lowest BCUT2D eigenvalue weighted by Gasteiger charge is -2.19. The van der Waals surface area contributed by atoms with Crippen LogP contribution in [0.25, 0.3) is 78.7 Å². The summed E-state index contributed by atoms with van der Waals surface area (Å²) < 4.78 is 161. The predicted octanol–water partition coefficient (Wildman–Crippen LogP) is 16.3. The van der Waals surface area contributed by atoms with Gasteiger partial charge in [-0.15, -0.1) is 0 Å². The SMILES string of the molecule is CC1(C)C[C@@H]1C(=O)Nc1cccc(NC(=O)[C@@H]2CC2(C)C)c1-c1c2nc(c(-c3c(F)c(F)c(F)c(F)c3F)c3ccc([nH]3)c(-c3c(NC(=O)[C@H]4CC4(C)C)cccc3NC(=O)[C@@H]3CC3(C)C)c3nc(c(-c4c(F)c(F)c(F)c(F)c4F)c4ccc1[nH]4)CC3)C=C2. The number of halogens is 10. The monoisotopic (exact) mass is 1240 g/mol. The number of carbonyl (C=O) groups excluding carboxylic acids is 4. The van der Waals surface area contributed by atoms with Crippen molar-refractivity contribution < 1.29 is 63.1 Å². The second-order valence-electron chi connectivity index (χ2n) is 27.1. The highest BCUT2D eigenvalue weighted by Gasteiger charge is 2.53. The standard InChI is InChI=1S/C68H58F10N8O4/c1-65(2)23-27(65)61(87)83-31-11-9-12-32(84-62(88)28-24-66(28,3)4)43(31)45-35-15-19-39(79-35)47(49-51(69)55(73)59(77)56(74)52(49)70)41-21-17-37(81-41)46(44-33(85-63(89)29-25-67(29,5)6)13-10-14-34(44)86-64(90)30-26-68(30,7)8)38-18-22-42(82-38)48(40-20-16-36(45)80-40)50-53(71)57(75)60(78)58(76)54(50)72/h9-17,19-21,27-30,80-81H,18,22-26H2,1-8H3,(H,83,87)(H,84,88)(H,85,89)(H,86,90)/t27-,28+,29-,30+. The minimum Gasteiger partial charge on any atom is -0.354 e. The summed E-state index contributed by atoms with van der Waals surface area (Å²) in [6, 6.07) is 14.4. The maximum atomic E-state index is 16.8. The van der Waals surface area contributed by atoms with Crippen LogP contribution in [0.1, 0.15) is 104 Å². The number of hydrogen-bond acceptors (Lipinski definition) is 6. The Bertz CT molecular complexity index is 4440. The van der Waals surface area contributed by atoms with Gasteiger partial charge < -0.3 is 31.2 Å². The first-order valence-electron chi connectivity index (χ1n) is 29.4. The van der Waals surface area contributed by atoms with Gasteiger partial charge in [0.1, 0.15) is 0 Å². The molecule has 6 N–H and O–H groups in total. The van der Waals surface area contributed by atoms with Crippen LogP contribution < -0.4 is 21.3 Å². The number of fused-ring (bicyclic) bond motifs is 8. The van der Waals surface area contributed by atoms with Crippen LogP contribution >= 0.6 is 0 Å². The third-order valence-corrected chi connectivity index (χ3v) is 18.9. The Balaban J connectivity index is 1.19. The fourth-order valence-corrected chi connectivity index (χ4v) is 12.8. The molecule has 4 aromatic carbocycles. The second-order valence-corrected chi connectivity index (χ2v) is 27.1. The van der Waals surface area contributed by atoms with Crippen molar-refractivity contribution in [1.29, 1.82) is 0 Å². The minimum absolute atomic E-state index is 0.00969. The van der Waals surface area contributed by atoms with Crippen LogP contribution in [-0.4, -0.2) is 43.6 Å². The number of nitrogens with zero attached hydrogens (tertiary/aromatic N) is 2. The van der Waals surface area contributed by atoms with Gasteiger partial charge in [0.2, 0.25) is 35.3 Å². The van der Waals surface area contributed by atoms with E-state index in [4.69, 9.17) is 9.97 Å². The molecule has 4 fully saturated rings. The van der Waals surface area contributed by atoms with Gasteiger partial charge in [0, 0.05) is 79.1 Å². The molecule has 0 unspecified atom stereocenters. The number of aryl methyl sites for hydroxylation is 2. The van der Waals surface area contributed by atoms with E-state index in [1.807, 2.05) is 55.4 Å². The molecule has 464 valence electrons. The van der Waals surface area contributed by atoms with Crippen LogP contribution in [0.5, 0.6) is 0 Å². The fourth-order valence-electron chi connectivity index (χ4n) is 12.8. The molecule has 5 heterocycles. The van der Waals surface area contributed by atoms with E-state index in [1.54, 1.807) is 12.1 Å². The molecule has 4 atom stereocenters. The van der Waals surface area contributed by atoms with E-state index in [0.717, 1.165) is 0 Å². The molecule has 0 radical (unpaired) electrons. The Morgan fingerprint density at radius 3 is 0.900 bits per heavy atom. The van der Waals surface area contributed by atoms with Gasteiger partial charge >= 0.3 is 0 Å². The zero-order chi connectivity index (χ0) is 64.3. The predicted molar refractivity (Wildman–Crippen MR) is 321 cm³/mol. The van der Waals surface area contributed by atoms with Crippen molar-refractivity contribution in [2.75, 3.05) is 21.3 Å². The van der Waals surface area contributed by atoms with E-state index in [-0.39, 0.29) is 97.0 Å². The number of amides is 4. The topological polar surface area (TPSA) is 174 Å². The van der Waals surface area contributed by atoms with E-state index in [9.17, 15) is 19.2 Å². The second kappa shape index (κ2) is 20.7. The van der Waals surface area contributed by atoms with E-state index < -0.39 is 155 Å². The summed E-state index contributed by atoms with van der Waals surface area (Å²) in [5.41, 5.74) is -7.23. The Labute approximate surface area is 508 Å². The lowest BCUT2D eigenvalue weighted by molar-refractivity contribution is -0.118. The average Bonchev–Trinajstić information content (AvgIpc) is 1.33. The number of H-pyrrole nitrogens is 2. The summed E-state index contributed by atoms with van der Waals surface area (Å²) in [6.07, 6.45) is 3.99. The van der Waals surface area contributed by atoms with Gasteiger partial charge in [0.25, 0.3) is 0 Å².